The van der Waals surface area contributed by atoms with Crippen LogP contribution in [0.4, 0.5) is 14.6 Å². The number of benzene rings is 1. The highest BCUT2D eigenvalue weighted by Crippen LogP contribution is 2.43. The van der Waals surface area contributed by atoms with E-state index in [9.17, 15) is 8.78 Å². The third kappa shape index (κ3) is 2.32. The third-order valence-electron chi connectivity index (χ3n) is 4.34. The summed E-state index contributed by atoms with van der Waals surface area (Å²) in [5, 5.41) is 0.695. The van der Waals surface area contributed by atoms with E-state index >= 15 is 0 Å². The largest absolute Gasteiger partial charge is 0.426 e. The summed E-state index contributed by atoms with van der Waals surface area (Å²) in [7, 11) is 1.87. The van der Waals surface area contributed by atoms with Gasteiger partial charge in [0.2, 0.25) is 5.52 Å². The fourth-order valence-corrected chi connectivity index (χ4v) is 3.40. The molecule has 0 atom stereocenters. The van der Waals surface area contributed by atoms with Gasteiger partial charge in [0.05, 0.1) is 5.69 Å². The molecule has 1 aliphatic carbocycles. The van der Waals surface area contributed by atoms with E-state index in [1.807, 2.05) is 24.2 Å². The molecule has 3 N–H and O–H groups in total. The summed E-state index contributed by atoms with van der Waals surface area (Å²) in [5.41, 5.74) is 9.00. The summed E-state index contributed by atoms with van der Waals surface area (Å²) < 4.78 is 31.3. The Bertz CT molecular complexity index is 965. The van der Waals surface area contributed by atoms with Crippen LogP contribution in [0.5, 0.6) is 0 Å². The molecule has 0 unspecified atom stereocenters. The lowest BCUT2D eigenvalue weighted by molar-refractivity contribution is -0.687. The number of fused-ring (bicyclic) bond motifs is 1. The SMILES string of the molecule is CSc1nc(N)c2c([nH+]1)[n+](C)cn2-c1cc(F)c(F)cc1C1CC1. The number of nitrogens with zero attached hydrogens (tertiary/aromatic N) is 3. The number of nitrogen functional groups attached to an aromatic ring is 1. The molecule has 0 amide bonds. The number of thioether (sulfide) groups is 1. The van der Waals surface area contributed by atoms with Gasteiger partial charge in [-0.15, -0.1) is 0 Å². The zero-order valence-corrected chi connectivity index (χ0v) is 14.1. The zero-order valence-electron chi connectivity index (χ0n) is 13.3. The van der Waals surface area contributed by atoms with Gasteiger partial charge in [-0.3, -0.25) is 4.57 Å². The van der Waals surface area contributed by atoms with E-state index < -0.39 is 11.6 Å². The van der Waals surface area contributed by atoms with Crippen LogP contribution in [0.2, 0.25) is 0 Å². The lowest BCUT2D eigenvalue weighted by atomic mass is 10.1. The molecule has 1 aromatic carbocycles. The van der Waals surface area contributed by atoms with E-state index in [1.165, 1.54) is 23.9 Å². The second kappa shape index (κ2) is 5.41. The molecule has 1 fully saturated rings. The highest BCUT2D eigenvalue weighted by molar-refractivity contribution is 7.98. The van der Waals surface area contributed by atoms with Crippen LogP contribution in [0.3, 0.4) is 0 Å². The van der Waals surface area contributed by atoms with Crippen molar-refractivity contribution in [2.75, 3.05) is 12.0 Å². The van der Waals surface area contributed by atoms with Gasteiger partial charge in [0, 0.05) is 11.1 Å². The molecule has 0 aliphatic heterocycles. The highest BCUT2D eigenvalue weighted by Gasteiger charge is 2.32. The summed E-state index contributed by atoms with van der Waals surface area (Å²) in [5.74, 6) is -1.07. The van der Waals surface area contributed by atoms with Gasteiger partial charge in [-0.2, -0.15) is 9.55 Å². The number of nitrogens with one attached hydrogen (secondary N) is 1. The summed E-state index contributed by atoms with van der Waals surface area (Å²) in [6, 6.07) is 2.54. The molecule has 2 heterocycles. The fraction of sp³-hybridized carbons (Fsp3) is 0.312. The fourth-order valence-electron chi connectivity index (χ4n) is 3.01. The maximum Gasteiger partial charge on any atom is 0.426 e. The molecule has 3 aromatic rings. The van der Waals surface area contributed by atoms with Crippen molar-refractivity contribution in [2.45, 2.75) is 23.9 Å². The first-order chi connectivity index (χ1) is 11.5. The van der Waals surface area contributed by atoms with E-state index in [0.29, 0.717) is 22.2 Å². The standard InChI is InChI=1S/C16H16F2N5S/c1-22-7-23(13-14(19)20-16(24-2)21-15(13)22)12-6-11(18)10(17)5-9(12)8-3-4-8/h5-8H,3-4H2,1-2H3,(H2,19,20,21)/q+1/p+1. The molecule has 4 rings (SSSR count). The molecule has 1 aliphatic rings. The van der Waals surface area contributed by atoms with Crippen molar-refractivity contribution in [2.24, 2.45) is 7.05 Å². The minimum Gasteiger partial charge on any atom is -0.353 e. The minimum absolute atomic E-state index is 0.265. The summed E-state index contributed by atoms with van der Waals surface area (Å²) in [6.07, 6.45) is 5.68. The Morgan fingerprint density at radius 1 is 1.33 bits per heavy atom. The Labute approximate surface area is 141 Å². The molecule has 1 saturated carbocycles. The molecule has 0 saturated heterocycles. The van der Waals surface area contributed by atoms with Crippen LogP contribution in [0.25, 0.3) is 16.9 Å². The second-order valence-electron chi connectivity index (χ2n) is 6.02. The first-order valence-electron chi connectivity index (χ1n) is 7.62. The maximum atomic E-state index is 13.9. The molecule has 0 radical (unpaired) electrons. The number of anilines is 1. The minimum atomic E-state index is -0.866. The Morgan fingerprint density at radius 3 is 2.71 bits per heavy atom. The third-order valence-corrected chi connectivity index (χ3v) is 4.92. The van der Waals surface area contributed by atoms with Crippen molar-refractivity contribution in [3.05, 3.63) is 35.7 Å². The molecule has 8 heteroatoms. The van der Waals surface area contributed by atoms with Crippen molar-refractivity contribution < 1.29 is 18.3 Å². The molecular weight excluding hydrogens is 332 g/mol. The number of H-pyrrole nitrogens is 1. The Balaban J connectivity index is 2.03. The van der Waals surface area contributed by atoms with E-state index in [1.54, 1.807) is 4.57 Å². The molecule has 2 aromatic heterocycles. The molecule has 24 heavy (non-hydrogen) atoms. The van der Waals surface area contributed by atoms with Crippen molar-refractivity contribution in [3.8, 4) is 5.69 Å². The quantitative estimate of drug-likeness (QED) is 0.448. The first-order valence-corrected chi connectivity index (χ1v) is 8.85. The van der Waals surface area contributed by atoms with Crippen LogP contribution in [0.15, 0.2) is 23.6 Å². The van der Waals surface area contributed by atoms with Gasteiger partial charge < -0.3 is 5.73 Å². The van der Waals surface area contributed by atoms with Crippen molar-refractivity contribution in [1.29, 1.82) is 0 Å². The number of halogens is 2. The molecule has 5 nitrogen and oxygen atoms in total. The summed E-state index contributed by atoms with van der Waals surface area (Å²) in [6.45, 7) is 0. The van der Waals surface area contributed by atoms with Crippen molar-refractivity contribution >= 4 is 28.7 Å². The van der Waals surface area contributed by atoms with Gasteiger partial charge in [-0.1, -0.05) is 0 Å². The van der Waals surface area contributed by atoms with Gasteiger partial charge in [0.25, 0.3) is 0 Å². The average molecular weight is 349 g/mol. The Hall–Kier alpha value is -2.22. The van der Waals surface area contributed by atoms with Crippen LogP contribution < -0.4 is 15.3 Å². The van der Waals surface area contributed by atoms with Crippen molar-refractivity contribution in [3.63, 3.8) is 0 Å². The predicted octanol–water partition coefficient (Wildman–Crippen LogP) is 2.12. The predicted molar refractivity (Wildman–Crippen MR) is 86.9 cm³/mol. The van der Waals surface area contributed by atoms with Crippen LogP contribution >= 0.6 is 11.8 Å². The summed E-state index contributed by atoms with van der Waals surface area (Å²) in [4.78, 5) is 7.54. The van der Waals surface area contributed by atoms with Crippen LogP contribution in [0.1, 0.15) is 24.3 Å². The highest BCUT2D eigenvalue weighted by atomic mass is 32.2. The maximum absolute atomic E-state index is 13.9. The smallest absolute Gasteiger partial charge is 0.353 e. The molecule has 0 spiro atoms. The lowest BCUT2D eigenvalue weighted by Gasteiger charge is -2.10. The number of hydrogen-bond donors (Lipinski definition) is 1. The van der Waals surface area contributed by atoms with Gasteiger partial charge in [-0.25, -0.2) is 8.78 Å². The molecular formula is C16H17F2N5S+2. The van der Waals surface area contributed by atoms with E-state index in [-0.39, 0.29) is 5.92 Å². The summed E-state index contributed by atoms with van der Waals surface area (Å²) >= 11 is 1.46. The normalized spacial score (nSPS) is 14.5. The average Bonchev–Trinajstić information content (AvgIpc) is 3.34. The number of imidazole rings is 1. The van der Waals surface area contributed by atoms with Gasteiger partial charge in [0.15, 0.2) is 18.0 Å². The lowest BCUT2D eigenvalue weighted by Crippen LogP contribution is -2.32. The number of nitrogens with two attached hydrogens (primary N) is 1. The topological polar surface area (TPSA) is 61.9 Å². The number of rotatable bonds is 3. The van der Waals surface area contributed by atoms with Gasteiger partial charge in [-0.05, 0) is 48.4 Å². The van der Waals surface area contributed by atoms with Crippen molar-refractivity contribution in [1.82, 2.24) is 9.55 Å². The Kier molecular flexibility index (Phi) is 3.45. The molecule has 124 valence electrons. The monoisotopic (exact) mass is 349 g/mol. The van der Waals surface area contributed by atoms with Crippen LogP contribution in [0, 0.1) is 11.6 Å². The molecule has 0 bridgehead atoms. The second-order valence-corrected chi connectivity index (χ2v) is 6.82. The van der Waals surface area contributed by atoms with Crippen LogP contribution in [-0.2, 0) is 7.05 Å². The van der Waals surface area contributed by atoms with E-state index in [2.05, 4.69) is 9.97 Å². The number of aromatic amines is 1. The number of hydrogen-bond acceptors (Lipinski definition) is 3. The van der Waals surface area contributed by atoms with E-state index in [0.717, 1.165) is 24.1 Å². The Morgan fingerprint density at radius 2 is 2.04 bits per heavy atom. The number of aryl methyl sites for hydroxylation is 1. The number of aromatic nitrogens is 4. The van der Waals surface area contributed by atoms with Gasteiger partial charge in [0.1, 0.15) is 7.05 Å². The van der Waals surface area contributed by atoms with E-state index in [4.69, 9.17) is 5.73 Å². The zero-order chi connectivity index (χ0) is 17.0. The van der Waals surface area contributed by atoms with Gasteiger partial charge >= 0.3 is 16.6 Å². The van der Waals surface area contributed by atoms with Crippen LogP contribution in [-0.4, -0.2) is 15.8 Å². The first kappa shape index (κ1) is 15.3.